The molecule has 0 saturated carbocycles. The van der Waals surface area contributed by atoms with Gasteiger partial charge in [-0.3, -0.25) is 9.45 Å². The molecule has 5 nitrogen and oxygen atoms in total. The molecule has 1 saturated heterocycles. The van der Waals surface area contributed by atoms with E-state index >= 15 is 0 Å². The van der Waals surface area contributed by atoms with E-state index in [0.717, 1.165) is 0 Å². The molecule has 0 amide bonds. The minimum Gasteiger partial charge on any atom is -0.379 e. The van der Waals surface area contributed by atoms with Crippen LogP contribution in [-0.2, 0) is 14.9 Å². The topological polar surface area (TPSA) is 66.8 Å². The summed E-state index contributed by atoms with van der Waals surface area (Å²) in [5, 5.41) is 0. The van der Waals surface area contributed by atoms with Crippen LogP contribution in [0.15, 0.2) is 0 Å². The Balaban J connectivity index is 2.79. The summed E-state index contributed by atoms with van der Waals surface area (Å²) in [5.74, 6) is 0. The second-order valence-electron chi connectivity index (χ2n) is 3.52. The van der Waals surface area contributed by atoms with Crippen molar-refractivity contribution in [2.75, 3.05) is 26.3 Å². The smallest absolute Gasteiger partial charge is 0.283 e. The molecule has 0 atom stereocenters. The number of rotatable bonds is 2. The van der Waals surface area contributed by atoms with Crippen LogP contribution in [0.5, 0.6) is 0 Å². The third-order valence-electron chi connectivity index (χ3n) is 2.40. The molecule has 1 aliphatic heterocycles. The van der Waals surface area contributed by atoms with Crippen molar-refractivity contribution in [1.29, 1.82) is 0 Å². The lowest BCUT2D eigenvalue weighted by molar-refractivity contribution is 0.0115. The van der Waals surface area contributed by atoms with Crippen LogP contribution >= 0.6 is 0 Å². The van der Waals surface area contributed by atoms with Gasteiger partial charge in [-0.1, -0.05) is 0 Å². The number of morpholine rings is 1. The van der Waals surface area contributed by atoms with E-state index in [1.807, 2.05) is 0 Å². The van der Waals surface area contributed by atoms with Crippen LogP contribution < -0.4 is 0 Å². The fourth-order valence-corrected chi connectivity index (χ4v) is 1.77. The molecule has 0 spiro atoms. The Hall–Kier alpha value is -0.170. The minimum absolute atomic E-state index is 0.513. The van der Waals surface area contributed by atoms with Gasteiger partial charge in [0.05, 0.1) is 13.2 Å². The van der Waals surface area contributed by atoms with Gasteiger partial charge in [-0.25, -0.2) is 0 Å². The molecular weight excluding hydrogens is 194 g/mol. The Morgan fingerprint density at radius 1 is 1.31 bits per heavy atom. The summed E-state index contributed by atoms with van der Waals surface area (Å²) in [6, 6.07) is 0. The Labute approximate surface area is 78.4 Å². The fourth-order valence-electron chi connectivity index (χ4n) is 1.26. The van der Waals surface area contributed by atoms with E-state index in [1.165, 1.54) is 13.8 Å². The van der Waals surface area contributed by atoms with Crippen LogP contribution in [-0.4, -0.2) is 49.0 Å². The van der Waals surface area contributed by atoms with Crippen LogP contribution in [0.2, 0.25) is 0 Å². The van der Waals surface area contributed by atoms with Crippen molar-refractivity contribution in [3.8, 4) is 0 Å². The summed E-state index contributed by atoms with van der Waals surface area (Å²) in [7, 11) is -4.03. The van der Waals surface area contributed by atoms with Crippen LogP contribution in [0.3, 0.4) is 0 Å². The first-order valence-corrected chi connectivity index (χ1v) is 5.59. The highest BCUT2D eigenvalue weighted by Crippen LogP contribution is 2.21. The van der Waals surface area contributed by atoms with Crippen LogP contribution in [0.25, 0.3) is 0 Å². The molecule has 1 rings (SSSR count). The second-order valence-corrected chi connectivity index (χ2v) is 5.47. The average Bonchev–Trinajstić information content (AvgIpc) is 2.04. The van der Waals surface area contributed by atoms with Gasteiger partial charge in [-0.05, 0) is 13.8 Å². The van der Waals surface area contributed by atoms with E-state index < -0.39 is 15.0 Å². The summed E-state index contributed by atoms with van der Waals surface area (Å²) >= 11 is 0. The van der Waals surface area contributed by atoms with Crippen molar-refractivity contribution in [3.05, 3.63) is 0 Å². The quantitative estimate of drug-likeness (QED) is 0.645. The first kappa shape index (κ1) is 10.9. The summed E-state index contributed by atoms with van der Waals surface area (Å²) in [6.07, 6.45) is 0. The highest BCUT2D eigenvalue weighted by atomic mass is 32.2. The summed E-state index contributed by atoms with van der Waals surface area (Å²) in [5.41, 5.74) is 0. The molecule has 0 aromatic heterocycles. The molecule has 0 aliphatic carbocycles. The van der Waals surface area contributed by atoms with Gasteiger partial charge in [0.1, 0.15) is 4.87 Å². The molecular formula is C7H15NO4S. The third-order valence-corrected chi connectivity index (χ3v) is 3.92. The highest BCUT2D eigenvalue weighted by molar-refractivity contribution is 7.87. The summed E-state index contributed by atoms with van der Waals surface area (Å²) in [4.78, 5) is 0.489. The minimum atomic E-state index is -4.03. The van der Waals surface area contributed by atoms with Gasteiger partial charge in [0.25, 0.3) is 10.1 Å². The zero-order valence-corrected chi connectivity index (χ0v) is 8.67. The van der Waals surface area contributed by atoms with Crippen LogP contribution in [0.1, 0.15) is 13.8 Å². The predicted molar refractivity (Wildman–Crippen MR) is 48.0 cm³/mol. The molecule has 0 aromatic rings. The van der Waals surface area contributed by atoms with E-state index in [4.69, 9.17) is 9.29 Å². The largest absolute Gasteiger partial charge is 0.379 e. The lowest BCUT2D eigenvalue weighted by Gasteiger charge is -2.37. The van der Waals surface area contributed by atoms with Crippen molar-refractivity contribution >= 4 is 10.1 Å². The fraction of sp³-hybridized carbons (Fsp3) is 1.00. The van der Waals surface area contributed by atoms with Gasteiger partial charge in [0.15, 0.2) is 0 Å². The second kappa shape index (κ2) is 3.53. The Morgan fingerprint density at radius 2 is 1.77 bits per heavy atom. The van der Waals surface area contributed by atoms with Gasteiger partial charge in [0.2, 0.25) is 0 Å². The first-order valence-electron chi connectivity index (χ1n) is 4.15. The summed E-state index contributed by atoms with van der Waals surface area (Å²) < 4.78 is 36.1. The maximum atomic E-state index is 11.0. The third kappa shape index (κ3) is 2.19. The maximum Gasteiger partial charge on any atom is 0.283 e. The van der Waals surface area contributed by atoms with Crippen molar-refractivity contribution in [3.63, 3.8) is 0 Å². The number of hydrogen-bond donors (Lipinski definition) is 1. The predicted octanol–water partition coefficient (Wildman–Crippen LogP) is -0.0575. The number of nitrogens with zero attached hydrogens (tertiary/aromatic N) is 1. The highest BCUT2D eigenvalue weighted by Gasteiger charge is 2.39. The van der Waals surface area contributed by atoms with Crippen LogP contribution in [0.4, 0.5) is 0 Å². The molecule has 1 heterocycles. The molecule has 1 aliphatic rings. The normalized spacial score (nSPS) is 21.8. The average molecular weight is 209 g/mol. The SMILES string of the molecule is CC(C)(N1CCOCC1)S(=O)(=O)O. The number of ether oxygens (including phenoxy) is 1. The lowest BCUT2D eigenvalue weighted by atomic mass is 10.3. The van der Waals surface area contributed by atoms with Crippen molar-refractivity contribution in [2.24, 2.45) is 0 Å². The van der Waals surface area contributed by atoms with Crippen molar-refractivity contribution < 1.29 is 17.7 Å². The van der Waals surface area contributed by atoms with E-state index in [9.17, 15) is 8.42 Å². The van der Waals surface area contributed by atoms with Crippen molar-refractivity contribution in [1.82, 2.24) is 4.90 Å². The molecule has 78 valence electrons. The molecule has 1 fully saturated rings. The van der Waals surface area contributed by atoms with Gasteiger partial charge in [0, 0.05) is 13.1 Å². The van der Waals surface area contributed by atoms with E-state index in [1.54, 1.807) is 4.90 Å². The molecule has 0 bridgehead atoms. The van der Waals surface area contributed by atoms with Crippen molar-refractivity contribution in [2.45, 2.75) is 18.7 Å². The van der Waals surface area contributed by atoms with E-state index in [2.05, 4.69) is 0 Å². The van der Waals surface area contributed by atoms with E-state index in [-0.39, 0.29) is 0 Å². The Bertz CT molecular complexity index is 266. The molecule has 0 radical (unpaired) electrons. The molecule has 0 aromatic carbocycles. The lowest BCUT2D eigenvalue weighted by Crippen LogP contribution is -2.54. The monoisotopic (exact) mass is 209 g/mol. The zero-order chi connectivity index (χ0) is 10.1. The van der Waals surface area contributed by atoms with Gasteiger partial charge < -0.3 is 4.74 Å². The Kier molecular flexibility index (Phi) is 2.96. The summed E-state index contributed by atoms with van der Waals surface area (Å²) in [6.45, 7) is 5.08. The molecule has 13 heavy (non-hydrogen) atoms. The van der Waals surface area contributed by atoms with Gasteiger partial charge >= 0.3 is 0 Å². The number of hydrogen-bond acceptors (Lipinski definition) is 4. The molecule has 0 unspecified atom stereocenters. The molecule has 6 heteroatoms. The Morgan fingerprint density at radius 3 is 2.15 bits per heavy atom. The maximum absolute atomic E-state index is 11.0. The van der Waals surface area contributed by atoms with Crippen LogP contribution in [0, 0.1) is 0 Å². The van der Waals surface area contributed by atoms with E-state index in [0.29, 0.717) is 26.3 Å². The van der Waals surface area contributed by atoms with Gasteiger partial charge in [-0.15, -0.1) is 0 Å². The standard InChI is InChI=1S/C7H15NO4S/c1-7(2,13(9,10)11)8-3-5-12-6-4-8/h3-6H2,1-2H3,(H,9,10,11). The first-order chi connectivity index (χ1) is 5.86. The molecule has 1 N–H and O–H groups in total. The zero-order valence-electron chi connectivity index (χ0n) is 7.86. The van der Waals surface area contributed by atoms with Gasteiger partial charge in [-0.2, -0.15) is 8.42 Å².